The summed E-state index contributed by atoms with van der Waals surface area (Å²) in [6.07, 6.45) is 4.25. The molecule has 148 valence electrons. The van der Waals surface area contributed by atoms with Crippen LogP contribution in [0.4, 0.5) is 0 Å². The Labute approximate surface area is 171 Å². The zero-order chi connectivity index (χ0) is 20.3. The number of aromatic nitrogens is 2. The molecule has 1 aliphatic carbocycles. The number of nitrogens with zero attached hydrogens (tertiary/aromatic N) is 3. The topological polar surface area (TPSA) is 67.9 Å². The average molecular weight is 398 g/mol. The van der Waals surface area contributed by atoms with E-state index in [1.54, 1.807) is 7.11 Å². The van der Waals surface area contributed by atoms with Crippen LogP contribution in [0.3, 0.4) is 0 Å². The first-order valence-corrected chi connectivity index (χ1v) is 10.7. The molecule has 0 N–H and O–H groups in total. The molecule has 2 aromatic rings. The molecule has 0 spiro atoms. The molecule has 0 saturated carbocycles. The molecule has 1 aliphatic rings. The molecule has 0 aromatic carbocycles. The number of aryl methyl sites for hydroxylation is 3. The quantitative estimate of drug-likeness (QED) is 0.511. The number of nitriles is 1. The SMILES string of the molecule is COCC(C)n1c(C)cc(C(=O)CSc2nc3c(cc2C#N)CCCC3)c1C. The standard InChI is InChI=1S/C22H27N3O2S/c1-14-9-19(16(3)25(14)15(2)12-27-4)21(26)13-28-22-18(11-23)10-17-7-5-6-8-20(17)24-22/h9-10,15H,5-8,12-13H2,1-4H3. The molecule has 2 heterocycles. The van der Waals surface area contributed by atoms with Gasteiger partial charge < -0.3 is 9.30 Å². The number of ether oxygens (including phenoxy) is 1. The summed E-state index contributed by atoms with van der Waals surface area (Å²) in [5, 5.41) is 10.2. The second kappa shape index (κ2) is 8.93. The number of hydrogen-bond acceptors (Lipinski definition) is 5. The third-order valence-corrected chi connectivity index (χ3v) is 6.35. The molecule has 28 heavy (non-hydrogen) atoms. The number of thioether (sulfide) groups is 1. The monoisotopic (exact) mass is 397 g/mol. The highest BCUT2D eigenvalue weighted by molar-refractivity contribution is 8.00. The fraction of sp³-hybridized carbons (Fsp3) is 0.500. The maximum atomic E-state index is 12.9. The number of pyridine rings is 1. The van der Waals surface area contributed by atoms with Crippen molar-refractivity contribution in [2.24, 2.45) is 0 Å². The summed E-state index contributed by atoms with van der Waals surface area (Å²) in [7, 11) is 1.69. The van der Waals surface area contributed by atoms with E-state index in [4.69, 9.17) is 9.72 Å². The lowest BCUT2D eigenvalue weighted by Gasteiger charge is -2.17. The van der Waals surface area contributed by atoms with Crippen molar-refractivity contribution in [1.82, 2.24) is 9.55 Å². The van der Waals surface area contributed by atoms with Crippen molar-refractivity contribution in [2.45, 2.75) is 57.5 Å². The Morgan fingerprint density at radius 2 is 2.11 bits per heavy atom. The molecule has 0 amide bonds. The summed E-state index contributed by atoms with van der Waals surface area (Å²) in [5.74, 6) is 0.348. The van der Waals surface area contributed by atoms with E-state index >= 15 is 0 Å². The fourth-order valence-corrected chi connectivity index (χ4v) is 4.93. The lowest BCUT2D eigenvalue weighted by atomic mass is 9.95. The largest absolute Gasteiger partial charge is 0.383 e. The predicted molar refractivity (Wildman–Crippen MR) is 111 cm³/mol. The van der Waals surface area contributed by atoms with Crippen LogP contribution in [0.5, 0.6) is 0 Å². The van der Waals surface area contributed by atoms with Gasteiger partial charge in [-0.2, -0.15) is 5.26 Å². The Morgan fingerprint density at radius 3 is 2.82 bits per heavy atom. The van der Waals surface area contributed by atoms with E-state index in [1.165, 1.54) is 17.3 Å². The Morgan fingerprint density at radius 1 is 1.36 bits per heavy atom. The third-order valence-electron chi connectivity index (χ3n) is 5.36. The Bertz CT molecular complexity index is 927. The van der Waals surface area contributed by atoms with Crippen molar-refractivity contribution in [3.63, 3.8) is 0 Å². The van der Waals surface area contributed by atoms with Crippen molar-refractivity contribution in [3.8, 4) is 6.07 Å². The van der Waals surface area contributed by atoms with Gasteiger partial charge in [-0.1, -0.05) is 11.8 Å². The van der Waals surface area contributed by atoms with Crippen molar-refractivity contribution < 1.29 is 9.53 Å². The lowest BCUT2D eigenvalue weighted by molar-refractivity contribution is 0.102. The van der Waals surface area contributed by atoms with Crippen molar-refractivity contribution in [1.29, 1.82) is 5.26 Å². The molecule has 0 aliphatic heterocycles. The molecule has 2 aromatic heterocycles. The number of carbonyl (C=O) groups is 1. The minimum Gasteiger partial charge on any atom is -0.383 e. The minimum absolute atomic E-state index is 0.0670. The van der Waals surface area contributed by atoms with E-state index < -0.39 is 0 Å². The van der Waals surface area contributed by atoms with E-state index in [-0.39, 0.29) is 17.6 Å². The predicted octanol–water partition coefficient (Wildman–Crippen LogP) is 4.43. The molecule has 1 unspecified atom stereocenters. The molecule has 6 heteroatoms. The van der Waals surface area contributed by atoms with Gasteiger partial charge >= 0.3 is 0 Å². The average Bonchev–Trinajstić information content (AvgIpc) is 2.99. The molecule has 0 radical (unpaired) electrons. The van der Waals surface area contributed by atoms with Gasteiger partial charge in [0, 0.05) is 29.8 Å². The molecule has 5 nitrogen and oxygen atoms in total. The van der Waals surface area contributed by atoms with Crippen LogP contribution in [-0.2, 0) is 17.6 Å². The van der Waals surface area contributed by atoms with E-state index in [2.05, 4.69) is 17.6 Å². The number of ketones is 1. The first-order chi connectivity index (χ1) is 13.5. The Balaban J connectivity index is 1.78. The van der Waals surface area contributed by atoms with Gasteiger partial charge in [0.1, 0.15) is 11.1 Å². The first kappa shape index (κ1) is 20.6. The second-order valence-corrected chi connectivity index (χ2v) is 8.40. The summed E-state index contributed by atoms with van der Waals surface area (Å²) in [6, 6.07) is 6.34. The van der Waals surface area contributed by atoms with Crippen LogP contribution < -0.4 is 0 Å². The molecular weight excluding hydrogens is 370 g/mol. The maximum absolute atomic E-state index is 12.9. The molecule has 0 saturated heterocycles. The van der Waals surface area contributed by atoms with Gasteiger partial charge in [-0.3, -0.25) is 4.79 Å². The number of hydrogen-bond donors (Lipinski definition) is 0. The molecular formula is C22H27N3O2S. The van der Waals surface area contributed by atoms with Gasteiger partial charge in [0.2, 0.25) is 0 Å². The lowest BCUT2D eigenvalue weighted by Crippen LogP contribution is -2.15. The van der Waals surface area contributed by atoms with Crippen molar-refractivity contribution in [2.75, 3.05) is 19.5 Å². The third kappa shape index (κ3) is 4.16. The normalized spacial score (nSPS) is 14.4. The zero-order valence-electron chi connectivity index (χ0n) is 17.0. The van der Waals surface area contributed by atoms with Gasteiger partial charge in [-0.05, 0) is 64.2 Å². The smallest absolute Gasteiger partial charge is 0.174 e. The van der Waals surface area contributed by atoms with E-state index in [0.717, 1.165) is 48.3 Å². The number of Topliss-reactive ketones (excluding diaryl/α,β-unsaturated/α-hetero) is 1. The van der Waals surface area contributed by atoms with Crippen LogP contribution >= 0.6 is 11.8 Å². The van der Waals surface area contributed by atoms with Crippen LogP contribution in [0, 0.1) is 25.2 Å². The minimum atomic E-state index is 0.0670. The Hall–Kier alpha value is -2.10. The van der Waals surface area contributed by atoms with Gasteiger partial charge in [-0.15, -0.1) is 0 Å². The maximum Gasteiger partial charge on any atom is 0.174 e. The van der Waals surface area contributed by atoms with Crippen molar-refractivity contribution >= 4 is 17.5 Å². The number of methoxy groups -OCH3 is 1. The summed E-state index contributed by atoms with van der Waals surface area (Å²) in [6.45, 7) is 6.68. The number of carbonyl (C=O) groups excluding carboxylic acids is 1. The highest BCUT2D eigenvalue weighted by atomic mass is 32.2. The highest BCUT2D eigenvalue weighted by Gasteiger charge is 2.21. The molecule has 3 rings (SSSR count). The first-order valence-electron chi connectivity index (χ1n) is 9.72. The number of fused-ring (bicyclic) bond motifs is 1. The van der Waals surface area contributed by atoms with Crippen LogP contribution in [0.25, 0.3) is 0 Å². The van der Waals surface area contributed by atoms with Crippen molar-refractivity contribution in [3.05, 3.63) is 45.9 Å². The van der Waals surface area contributed by atoms with Gasteiger partial charge in [0.25, 0.3) is 0 Å². The van der Waals surface area contributed by atoms with Crippen LogP contribution in [0.15, 0.2) is 17.2 Å². The summed E-state index contributed by atoms with van der Waals surface area (Å²) in [4.78, 5) is 17.6. The van der Waals surface area contributed by atoms with Crippen LogP contribution in [0.1, 0.15) is 64.4 Å². The summed E-state index contributed by atoms with van der Waals surface area (Å²) < 4.78 is 7.42. The van der Waals surface area contributed by atoms with E-state index in [9.17, 15) is 10.1 Å². The summed E-state index contributed by atoms with van der Waals surface area (Å²) in [5.41, 5.74) is 5.62. The molecule has 0 fully saturated rings. The van der Waals surface area contributed by atoms with E-state index in [0.29, 0.717) is 17.2 Å². The van der Waals surface area contributed by atoms with E-state index in [1.807, 2.05) is 26.0 Å². The van der Waals surface area contributed by atoms with Gasteiger partial charge in [0.05, 0.1) is 24.0 Å². The molecule has 1 atom stereocenters. The van der Waals surface area contributed by atoms with Crippen LogP contribution in [0.2, 0.25) is 0 Å². The number of rotatable bonds is 7. The van der Waals surface area contributed by atoms with Gasteiger partial charge in [-0.25, -0.2) is 4.98 Å². The van der Waals surface area contributed by atoms with Gasteiger partial charge in [0.15, 0.2) is 5.78 Å². The molecule has 0 bridgehead atoms. The Kier molecular flexibility index (Phi) is 6.58. The fourth-order valence-electron chi connectivity index (χ4n) is 4.07. The summed E-state index contributed by atoms with van der Waals surface area (Å²) >= 11 is 1.37. The van der Waals surface area contributed by atoms with Crippen LogP contribution in [-0.4, -0.2) is 34.8 Å². The highest BCUT2D eigenvalue weighted by Crippen LogP contribution is 2.29. The zero-order valence-corrected chi connectivity index (χ0v) is 17.9. The second-order valence-electron chi connectivity index (χ2n) is 7.44.